The van der Waals surface area contributed by atoms with E-state index in [-0.39, 0.29) is 5.69 Å². The summed E-state index contributed by atoms with van der Waals surface area (Å²) in [5, 5.41) is 3.21. The fraction of sp³-hybridized carbons (Fsp3) is 0.200. The van der Waals surface area contributed by atoms with E-state index in [1.54, 1.807) is 43.3 Å². The molecule has 29 heavy (non-hydrogen) atoms. The lowest BCUT2D eigenvalue weighted by atomic mass is 10.1. The second-order valence-corrected chi connectivity index (χ2v) is 6.79. The molecule has 1 N–H and O–H groups in total. The number of hydrogen-bond donors (Lipinski definition) is 1. The number of rotatable bonds is 6. The van der Waals surface area contributed by atoms with Gasteiger partial charge in [-0.15, -0.1) is 0 Å². The number of halogens is 1. The average molecular weight is 416 g/mol. The Labute approximate surface area is 172 Å². The Hall–Kier alpha value is -3.39. The molecular weight excluding hydrogens is 398 g/mol. The number of carbonyl (C=O) groups excluding carboxylic acids is 4. The van der Waals surface area contributed by atoms with Crippen LogP contribution in [0.15, 0.2) is 48.5 Å². The van der Waals surface area contributed by atoms with Gasteiger partial charge in [-0.2, -0.15) is 0 Å². The number of amides is 5. The minimum Gasteiger partial charge on any atom is -0.497 e. The van der Waals surface area contributed by atoms with Crippen LogP contribution in [0.5, 0.6) is 5.75 Å². The molecule has 0 aliphatic carbocycles. The molecule has 1 fully saturated rings. The fourth-order valence-corrected chi connectivity index (χ4v) is 3.09. The highest BCUT2D eigenvalue weighted by Crippen LogP contribution is 2.24. The zero-order valence-electron chi connectivity index (χ0n) is 15.7. The van der Waals surface area contributed by atoms with Crippen LogP contribution >= 0.6 is 11.6 Å². The molecule has 1 atom stereocenters. The van der Waals surface area contributed by atoms with Gasteiger partial charge in [0.05, 0.1) is 18.8 Å². The average Bonchev–Trinajstić information content (AvgIpc) is 2.91. The molecule has 0 aromatic heterocycles. The van der Waals surface area contributed by atoms with Gasteiger partial charge in [0.2, 0.25) is 5.91 Å². The molecule has 1 aliphatic heterocycles. The van der Waals surface area contributed by atoms with Crippen molar-refractivity contribution < 1.29 is 23.9 Å². The number of methoxy groups -OCH3 is 1. The second-order valence-electron chi connectivity index (χ2n) is 6.36. The van der Waals surface area contributed by atoms with Crippen LogP contribution in [0, 0.1) is 0 Å². The molecule has 1 aliphatic rings. The van der Waals surface area contributed by atoms with Gasteiger partial charge in [0.1, 0.15) is 12.3 Å². The van der Waals surface area contributed by atoms with Crippen molar-refractivity contribution in [1.82, 2.24) is 10.2 Å². The van der Waals surface area contributed by atoms with E-state index in [2.05, 4.69) is 5.32 Å². The number of carbonyl (C=O) groups is 4. The van der Waals surface area contributed by atoms with Gasteiger partial charge >= 0.3 is 17.8 Å². The third-order valence-electron chi connectivity index (χ3n) is 4.41. The van der Waals surface area contributed by atoms with Gasteiger partial charge in [-0.05, 0) is 48.9 Å². The molecule has 9 heteroatoms. The molecule has 2 aromatic carbocycles. The highest BCUT2D eigenvalue weighted by atomic mass is 35.5. The highest BCUT2D eigenvalue weighted by Gasteiger charge is 2.46. The molecule has 8 nitrogen and oxygen atoms in total. The molecule has 0 spiro atoms. The molecule has 2 aromatic rings. The van der Waals surface area contributed by atoms with Crippen LogP contribution in [-0.2, 0) is 14.4 Å². The largest absolute Gasteiger partial charge is 0.497 e. The van der Waals surface area contributed by atoms with Crippen LogP contribution < -0.4 is 15.0 Å². The Morgan fingerprint density at radius 2 is 1.79 bits per heavy atom. The maximum atomic E-state index is 12.6. The third kappa shape index (κ3) is 4.22. The number of ether oxygens (including phenoxy) is 1. The van der Waals surface area contributed by atoms with Crippen LogP contribution in [0.1, 0.15) is 18.5 Å². The molecule has 0 saturated carbocycles. The Balaban J connectivity index is 1.70. The van der Waals surface area contributed by atoms with E-state index < -0.39 is 36.3 Å². The number of nitrogens with one attached hydrogen (secondary N) is 1. The van der Waals surface area contributed by atoms with Crippen molar-refractivity contribution >= 4 is 41.0 Å². The maximum Gasteiger partial charge on any atom is 0.339 e. The molecular formula is C20H18ClN3O5. The summed E-state index contributed by atoms with van der Waals surface area (Å²) in [6.45, 7) is 1.17. The van der Waals surface area contributed by atoms with Crippen molar-refractivity contribution in [3.8, 4) is 5.75 Å². The van der Waals surface area contributed by atoms with Crippen molar-refractivity contribution in [3.63, 3.8) is 0 Å². The summed E-state index contributed by atoms with van der Waals surface area (Å²) < 4.78 is 5.03. The van der Waals surface area contributed by atoms with E-state index in [0.29, 0.717) is 15.7 Å². The Morgan fingerprint density at radius 1 is 1.10 bits per heavy atom. The van der Waals surface area contributed by atoms with E-state index in [1.165, 1.54) is 19.2 Å². The monoisotopic (exact) mass is 415 g/mol. The standard InChI is InChI=1S/C20H18ClN3O5/c1-12(13-4-3-5-14(21)10-13)22-17(25)11-23-18(26)19(27)24(20(23)28)15-6-8-16(29-2)9-7-15/h3-10,12H,11H2,1-2H3,(H,22,25)/t12-/m1/s1. The lowest BCUT2D eigenvalue weighted by Gasteiger charge is -2.18. The Morgan fingerprint density at radius 3 is 2.41 bits per heavy atom. The van der Waals surface area contributed by atoms with E-state index in [4.69, 9.17) is 16.3 Å². The second kappa shape index (κ2) is 8.32. The number of benzene rings is 2. The molecule has 0 radical (unpaired) electrons. The summed E-state index contributed by atoms with van der Waals surface area (Å²) in [7, 11) is 1.48. The van der Waals surface area contributed by atoms with Crippen LogP contribution in [0.25, 0.3) is 0 Å². The zero-order valence-corrected chi connectivity index (χ0v) is 16.5. The summed E-state index contributed by atoms with van der Waals surface area (Å²) in [6, 6.07) is 11.7. The predicted octanol–water partition coefficient (Wildman–Crippen LogP) is 2.52. The number of urea groups is 1. The van der Waals surface area contributed by atoms with Crippen LogP contribution in [0.4, 0.5) is 10.5 Å². The van der Waals surface area contributed by atoms with E-state index in [0.717, 1.165) is 10.5 Å². The maximum absolute atomic E-state index is 12.6. The predicted molar refractivity (Wildman–Crippen MR) is 106 cm³/mol. The molecule has 150 valence electrons. The minimum absolute atomic E-state index is 0.212. The molecule has 0 unspecified atom stereocenters. The van der Waals surface area contributed by atoms with Gasteiger partial charge in [0, 0.05) is 5.02 Å². The smallest absolute Gasteiger partial charge is 0.339 e. The van der Waals surface area contributed by atoms with Gasteiger partial charge in [-0.3, -0.25) is 14.4 Å². The summed E-state index contributed by atoms with van der Waals surface area (Å²) in [4.78, 5) is 50.8. The summed E-state index contributed by atoms with van der Waals surface area (Å²) in [6.07, 6.45) is 0. The normalized spacial score (nSPS) is 14.9. The van der Waals surface area contributed by atoms with Gasteiger partial charge < -0.3 is 10.1 Å². The first-order valence-electron chi connectivity index (χ1n) is 8.70. The first kappa shape index (κ1) is 20.3. The van der Waals surface area contributed by atoms with E-state index >= 15 is 0 Å². The first-order chi connectivity index (χ1) is 13.8. The first-order valence-corrected chi connectivity index (χ1v) is 9.08. The van der Waals surface area contributed by atoms with Crippen molar-refractivity contribution in [2.24, 2.45) is 0 Å². The lowest BCUT2D eigenvalue weighted by molar-refractivity contribution is -0.140. The summed E-state index contributed by atoms with van der Waals surface area (Å²) in [5.41, 5.74) is 0.977. The number of imide groups is 2. The minimum atomic E-state index is -1.06. The third-order valence-corrected chi connectivity index (χ3v) is 4.65. The highest BCUT2D eigenvalue weighted by molar-refractivity contribution is 6.53. The van der Waals surface area contributed by atoms with Gasteiger partial charge in [0.25, 0.3) is 0 Å². The zero-order chi connectivity index (χ0) is 21.1. The van der Waals surface area contributed by atoms with Crippen LogP contribution in [0.3, 0.4) is 0 Å². The molecule has 3 rings (SSSR count). The van der Waals surface area contributed by atoms with Crippen molar-refractivity contribution in [2.45, 2.75) is 13.0 Å². The number of anilines is 1. The molecule has 5 amide bonds. The van der Waals surface area contributed by atoms with E-state index in [1.807, 2.05) is 0 Å². The van der Waals surface area contributed by atoms with Crippen LogP contribution in [-0.4, -0.2) is 42.3 Å². The quantitative estimate of drug-likeness (QED) is 0.577. The molecule has 1 heterocycles. The molecule has 1 saturated heterocycles. The van der Waals surface area contributed by atoms with Gasteiger partial charge in [0.15, 0.2) is 0 Å². The summed E-state index contributed by atoms with van der Waals surface area (Å²) in [5.74, 6) is -2.12. The Bertz CT molecular complexity index is 976. The summed E-state index contributed by atoms with van der Waals surface area (Å²) >= 11 is 5.95. The topological polar surface area (TPSA) is 96.0 Å². The van der Waals surface area contributed by atoms with Crippen molar-refractivity contribution in [3.05, 3.63) is 59.1 Å². The number of nitrogens with zero attached hydrogens (tertiary/aromatic N) is 2. The number of hydrogen-bond acceptors (Lipinski definition) is 5. The fourth-order valence-electron chi connectivity index (χ4n) is 2.89. The van der Waals surface area contributed by atoms with Gasteiger partial charge in [-0.1, -0.05) is 23.7 Å². The van der Waals surface area contributed by atoms with Crippen molar-refractivity contribution in [1.29, 1.82) is 0 Å². The molecule has 0 bridgehead atoms. The van der Waals surface area contributed by atoms with E-state index in [9.17, 15) is 19.2 Å². The SMILES string of the molecule is COc1ccc(N2C(=O)C(=O)N(CC(=O)N[C@H](C)c3cccc(Cl)c3)C2=O)cc1. The Kier molecular flexibility index (Phi) is 5.84. The van der Waals surface area contributed by atoms with Gasteiger partial charge in [-0.25, -0.2) is 14.6 Å². The lowest BCUT2D eigenvalue weighted by Crippen LogP contribution is -2.42. The van der Waals surface area contributed by atoms with Crippen molar-refractivity contribution in [2.75, 3.05) is 18.6 Å². The van der Waals surface area contributed by atoms with Crippen LogP contribution in [0.2, 0.25) is 5.02 Å².